The molecular formula is C24H31N3O4. The molecule has 7 nitrogen and oxygen atoms in total. The van der Waals surface area contributed by atoms with Gasteiger partial charge in [-0.15, -0.1) is 0 Å². The highest BCUT2D eigenvalue weighted by atomic mass is 16.5. The van der Waals surface area contributed by atoms with E-state index in [1.807, 2.05) is 55.5 Å². The first-order valence-electron chi connectivity index (χ1n) is 10.7. The van der Waals surface area contributed by atoms with Crippen LogP contribution in [0.3, 0.4) is 0 Å². The second-order valence-corrected chi connectivity index (χ2v) is 7.30. The van der Waals surface area contributed by atoms with Crippen LogP contribution in [0.1, 0.15) is 24.5 Å². The molecule has 0 aliphatic carbocycles. The summed E-state index contributed by atoms with van der Waals surface area (Å²) in [5.41, 5.74) is 5.36. The van der Waals surface area contributed by atoms with E-state index in [1.165, 1.54) is 0 Å². The number of nitrogens with one attached hydrogen (secondary N) is 1. The fourth-order valence-electron chi connectivity index (χ4n) is 3.31. The summed E-state index contributed by atoms with van der Waals surface area (Å²) >= 11 is 0. The van der Waals surface area contributed by atoms with E-state index in [1.54, 1.807) is 7.11 Å². The Balaban J connectivity index is 1.48. The predicted octanol–water partition coefficient (Wildman–Crippen LogP) is 2.88. The van der Waals surface area contributed by atoms with Gasteiger partial charge in [-0.3, -0.25) is 9.69 Å². The van der Waals surface area contributed by atoms with E-state index >= 15 is 0 Å². The summed E-state index contributed by atoms with van der Waals surface area (Å²) in [5, 5.41) is 4.33. The fraction of sp³-hybridized carbons (Fsp3) is 0.417. The average Bonchev–Trinajstić information content (AvgIpc) is 2.81. The number of hydrogen-bond acceptors (Lipinski definition) is 6. The average molecular weight is 426 g/mol. The van der Waals surface area contributed by atoms with Crippen LogP contribution in [-0.2, 0) is 16.0 Å². The van der Waals surface area contributed by atoms with Gasteiger partial charge in [0, 0.05) is 19.6 Å². The largest absolute Gasteiger partial charge is 0.497 e. The van der Waals surface area contributed by atoms with Crippen LogP contribution in [0.2, 0.25) is 0 Å². The molecule has 31 heavy (non-hydrogen) atoms. The van der Waals surface area contributed by atoms with Gasteiger partial charge in [-0.1, -0.05) is 19.1 Å². The molecule has 0 bridgehead atoms. The molecule has 1 amide bonds. The van der Waals surface area contributed by atoms with Crippen LogP contribution in [0.25, 0.3) is 0 Å². The van der Waals surface area contributed by atoms with Crippen molar-refractivity contribution in [2.75, 3.05) is 46.6 Å². The third kappa shape index (κ3) is 7.38. The zero-order valence-electron chi connectivity index (χ0n) is 18.3. The zero-order valence-corrected chi connectivity index (χ0v) is 18.3. The Morgan fingerprint density at radius 3 is 2.39 bits per heavy atom. The highest BCUT2D eigenvalue weighted by Gasteiger charge is 2.10. The third-order valence-corrected chi connectivity index (χ3v) is 5.14. The Kier molecular flexibility index (Phi) is 8.87. The first-order chi connectivity index (χ1) is 15.2. The lowest BCUT2D eigenvalue weighted by atomic mass is 10.1. The lowest BCUT2D eigenvalue weighted by molar-refractivity contribution is -0.120. The molecule has 1 heterocycles. The van der Waals surface area contributed by atoms with Crippen molar-refractivity contribution in [3.63, 3.8) is 0 Å². The monoisotopic (exact) mass is 425 g/mol. The summed E-state index contributed by atoms with van der Waals surface area (Å²) in [6.07, 6.45) is 0.973. The molecule has 3 rings (SSSR count). The molecule has 2 aromatic rings. The molecule has 1 aliphatic rings. The number of ether oxygens (including phenoxy) is 3. The first-order valence-corrected chi connectivity index (χ1v) is 10.7. The minimum atomic E-state index is -0.154. The third-order valence-electron chi connectivity index (χ3n) is 5.14. The van der Waals surface area contributed by atoms with Crippen molar-refractivity contribution in [1.82, 2.24) is 10.3 Å². The SMILES string of the molecule is CC/C(=N/NC(=O)Cc1ccc(OC)cc1)c1ccc(OCCN2CCOCC2)cc1. The Bertz CT molecular complexity index is 844. The van der Waals surface area contributed by atoms with E-state index < -0.39 is 0 Å². The van der Waals surface area contributed by atoms with Gasteiger partial charge >= 0.3 is 0 Å². The van der Waals surface area contributed by atoms with Crippen LogP contribution < -0.4 is 14.9 Å². The maximum atomic E-state index is 12.2. The number of hydrogen-bond donors (Lipinski definition) is 1. The molecule has 1 N–H and O–H groups in total. The van der Waals surface area contributed by atoms with Crippen molar-refractivity contribution in [1.29, 1.82) is 0 Å². The number of benzene rings is 2. The molecule has 0 radical (unpaired) electrons. The van der Waals surface area contributed by atoms with Crippen molar-refractivity contribution in [2.45, 2.75) is 19.8 Å². The number of amides is 1. The van der Waals surface area contributed by atoms with Crippen molar-refractivity contribution < 1.29 is 19.0 Å². The van der Waals surface area contributed by atoms with Crippen LogP contribution in [0.4, 0.5) is 0 Å². The molecule has 1 saturated heterocycles. The zero-order chi connectivity index (χ0) is 21.9. The van der Waals surface area contributed by atoms with Crippen molar-refractivity contribution >= 4 is 11.6 Å². The number of rotatable bonds is 10. The van der Waals surface area contributed by atoms with Gasteiger partial charge in [0.15, 0.2) is 0 Å². The van der Waals surface area contributed by atoms with E-state index in [9.17, 15) is 4.79 Å². The van der Waals surface area contributed by atoms with Crippen molar-refractivity contribution in [3.8, 4) is 11.5 Å². The number of carbonyl (C=O) groups excluding carboxylic acids is 1. The van der Waals surface area contributed by atoms with Gasteiger partial charge in [0.1, 0.15) is 18.1 Å². The number of carbonyl (C=O) groups is 1. The molecule has 7 heteroatoms. The second kappa shape index (κ2) is 12.1. The van der Waals surface area contributed by atoms with Gasteiger partial charge in [0.05, 0.1) is 32.5 Å². The van der Waals surface area contributed by atoms with E-state index in [4.69, 9.17) is 14.2 Å². The molecule has 0 aromatic heterocycles. The van der Waals surface area contributed by atoms with Gasteiger partial charge in [0.2, 0.25) is 5.91 Å². The minimum Gasteiger partial charge on any atom is -0.497 e. The highest BCUT2D eigenvalue weighted by molar-refractivity contribution is 6.01. The van der Waals surface area contributed by atoms with Crippen LogP contribution in [-0.4, -0.2) is 63.1 Å². The van der Waals surface area contributed by atoms with Crippen LogP contribution in [0, 0.1) is 0 Å². The lowest BCUT2D eigenvalue weighted by Gasteiger charge is -2.26. The summed E-state index contributed by atoms with van der Waals surface area (Å²) in [6.45, 7) is 7.07. The van der Waals surface area contributed by atoms with Gasteiger partial charge in [0.25, 0.3) is 0 Å². The van der Waals surface area contributed by atoms with Gasteiger partial charge < -0.3 is 14.2 Å². The first kappa shape index (κ1) is 22.8. The molecule has 0 saturated carbocycles. The van der Waals surface area contributed by atoms with Crippen LogP contribution in [0.15, 0.2) is 53.6 Å². The standard InChI is InChI=1S/C24H31N3O4/c1-3-23(25-26-24(28)18-19-4-8-21(29-2)9-5-19)20-6-10-22(11-7-20)31-17-14-27-12-15-30-16-13-27/h4-11H,3,12-18H2,1-2H3,(H,26,28)/b25-23-. The fourth-order valence-corrected chi connectivity index (χ4v) is 3.31. The maximum absolute atomic E-state index is 12.2. The number of methoxy groups -OCH3 is 1. The van der Waals surface area contributed by atoms with E-state index in [-0.39, 0.29) is 12.3 Å². The van der Waals surface area contributed by atoms with Gasteiger partial charge in [-0.2, -0.15) is 5.10 Å². The molecule has 2 aromatic carbocycles. The molecule has 166 valence electrons. The molecule has 1 aliphatic heterocycles. The van der Waals surface area contributed by atoms with E-state index in [0.717, 1.165) is 61.2 Å². The smallest absolute Gasteiger partial charge is 0.244 e. The summed E-state index contributed by atoms with van der Waals surface area (Å²) in [4.78, 5) is 14.6. The Morgan fingerprint density at radius 2 is 1.74 bits per heavy atom. The van der Waals surface area contributed by atoms with Crippen LogP contribution in [0.5, 0.6) is 11.5 Å². The topological polar surface area (TPSA) is 72.4 Å². The molecule has 1 fully saturated rings. The number of nitrogens with zero attached hydrogens (tertiary/aromatic N) is 2. The number of morpholine rings is 1. The quantitative estimate of drug-likeness (QED) is 0.468. The predicted molar refractivity (Wildman–Crippen MR) is 121 cm³/mol. The summed E-state index contributed by atoms with van der Waals surface area (Å²) in [7, 11) is 1.62. The summed E-state index contributed by atoms with van der Waals surface area (Å²) < 4.78 is 16.4. The van der Waals surface area contributed by atoms with E-state index in [2.05, 4.69) is 15.4 Å². The van der Waals surface area contributed by atoms with Gasteiger partial charge in [-0.05, 0) is 53.9 Å². The van der Waals surface area contributed by atoms with Crippen LogP contribution >= 0.6 is 0 Å². The highest BCUT2D eigenvalue weighted by Crippen LogP contribution is 2.15. The summed E-state index contributed by atoms with van der Waals surface area (Å²) in [6, 6.07) is 15.3. The minimum absolute atomic E-state index is 0.154. The van der Waals surface area contributed by atoms with Crippen molar-refractivity contribution in [2.24, 2.45) is 5.10 Å². The molecular weight excluding hydrogens is 394 g/mol. The number of hydrazone groups is 1. The van der Waals surface area contributed by atoms with Gasteiger partial charge in [-0.25, -0.2) is 5.43 Å². The second-order valence-electron chi connectivity index (χ2n) is 7.30. The Hall–Kier alpha value is -2.90. The van der Waals surface area contributed by atoms with E-state index in [0.29, 0.717) is 13.0 Å². The normalized spacial score (nSPS) is 14.8. The maximum Gasteiger partial charge on any atom is 0.244 e. The van der Waals surface area contributed by atoms with Crippen molar-refractivity contribution in [3.05, 3.63) is 59.7 Å². The Morgan fingerprint density at radius 1 is 1.06 bits per heavy atom. The molecule has 0 unspecified atom stereocenters. The molecule has 0 atom stereocenters. The summed E-state index contributed by atoms with van der Waals surface area (Å²) in [5.74, 6) is 1.44. The molecule has 0 spiro atoms. The Labute approximate surface area is 184 Å². The lowest BCUT2D eigenvalue weighted by Crippen LogP contribution is -2.38.